The minimum Gasteiger partial charge on any atom is -0.481 e. The van der Waals surface area contributed by atoms with Crippen molar-refractivity contribution in [2.45, 2.75) is 18.9 Å². The monoisotopic (exact) mass is 305 g/mol. The van der Waals surface area contributed by atoms with E-state index in [4.69, 9.17) is 4.74 Å². The van der Waals surface area contributed by atoms with Crippen LogP contribution in [0, 0.1) is 0 Å². The van der Waals surface area contributed by atoms with E-state index >= 15 is 0 Å². The van der Waals surface area contributed by atoms with Crippen molar-refractivity contribution in [3.8, 4) is 5.88 Å². The fourth-order valence-corrected chi connectivity index (χ4v) is 3.08. The molecule has 0 unspecified atom stereocenters. The van der Waals surface area contributed by atoms with E-state index in [1.54, 1.807) is 19.4 Å². The molecule has 2 saturated heterocycles. The number of aromatic nitrogens is 2. The smallest absolute Gasteiger partial charge is 0.245 e. The second-order valence-corrected chi connectivity index (χ2v) is 5.88. The van der Waals surface area contributed by atoms with Gasteiger partial charge in [0.05, 0.1) is 7.11 Å². The van der Waals surface area contributed by atoms with E-state index in [0.29, 0.717) is 11.8 Å². The number of hydrogen-bond donors (Lipinski definition) is 0. The third-order valence-corrected chi connectivity index (χ3v) is 4.44. The lowest BCUT2D eigenvalue weighted by Crippen LogP contribution is -2.53. The Balaban J connectivity index is 1.73. The van der Waals surface area contributed by atoms with Crippen molar-refractivity contribution in [1.29, 1.82) is 0 Å². The Labute approximate surface area is 130 Å². The van der Waals surface area contributed by atoms with Gasteiger partial charge in [-0.2, -0.15) is 4.98 Å². The van der Waals surface area contributed by atoms with E-state index in [9.17, 15) is 4.79 Å². The van der Waals surface area contributed by atoms with Crippen LogP contribution < -0.4 is 9.64 Å². The molecule has 3 rings (SSSR count). The minimum atomic E-state index is -0.143. The highest BCUT2D eigenvalue weighted by Crippen LogP contribution is 2.25. The highest BCUT2D eigenvalue weighted by atomic mass is 16.5. The van der Waals surface area contributed by atoms with Gasteiger partial charge in [-0.25, -0.2) is 4.98 Å². The van der Waals surface area contributed by atoms with E-state index in [2.05, 4.69) is 21.9 Å². The fraction of sp³-hybridized carbons (Fsp3) is 0.667. The molecule has 120 valence electrons. The SMILES string of the molecule is COc1ccnc(N2CCC[C@@H]2C(=O)N2CCN(C)CC2)n1. The molecule has 3 heterocycles. The van der Waals surface area contributed by atoms with Crippen molar-refractivity contribution in [1.82, 2.24) is 19.8 Å². The number of hydrogen-bond acceptors (Lipinski definition) is 6. The molecule has 1 aromatic heterocycles. The molecule has 7 nitrogen and oxygen atoms in total. The second kappa shape index (κ2) is 6.48. The Morgan fingerprint density at radius 2 is 2.05 bits per heavy atom. The van der Waals surface area contributed by atoms with Crippen LogP contribution in [0.1, 0.15) is 12.8 Å². The number of ether oxygens (including phenoxy) is 1. The number of piperazine rings is 1. The molecule has 0 radical (unpaired) electrons. The molecular weight excluding hydrogens is 282 g/mol. The molecule has 1 atom stereocenters. The standard InChI is InChI=1S/C15H23N5O2/c1-18-8-10-19(11-9-18)14(21)12-4-3-7-20(12)15-16-6-5-13(17-15)22-2/h5-6,12H,3-4,7-11H2,1-2H3/t12-/m1/s1. The van der Waals surface area contributed by atoms with Gasteiger partial charge in [-0.15, -0.1) is 0 Å². The van der Waals surface area contributed by atoms with Gasteiger partial charge in [-0.3, -0.25) is 4.79 Å². The van der Waals surface area contributed by atoms with Gasteiger partial charge >= 0.3 is 0 Å². The molecule has 2 aliphatic rings. The molecule has 2 aliphatic heterocycles. The third kappa shape index (κ3) is 2.99. The van der Waals surface area contributed by atoms with Crippen molar-refractivity contribution in [3.05, 3.63) is 12.3 Å². The second-order valence-electron chi connectivity index (χ2n) is 5.88. The summed E-state index contributed by atoms with van der Waals surface area (Å²) in [6.45, 7) is 4.30. The van der Waals surface area contributed by atoms with Gasteiger partial charge < -0.3 is 19.4 Å². The maximum Gasteiger partial charge on any atom is 0.245 e. The molecule has 7 heteroatoms. The van der Waals surface area contributed by atoms with Gasteiger partial charge in [0.25, 0.3) is 0 Å². The van der Waals surface area contributed by atoms with Crippen molar-refractivity contribution in [2.75, 3.05) is 51.8 Å². The van der Waals surface area contributed by atoms with Crippen molar-refractivity contribution < 1.29 is 9.53 Å². The summed E-state index contributed by atoms with van der Waals surface area (Å²) in [4.78, 5) is 27.8. The average Bonchev–Trinajstić information content (AvgIpc) is 3.04. The van der Waals surface area contributed by atoms with Crippen LogP contribution >= 0.6 is 0 Å². The highest BCUT2D eigenvalue weighted by molar-refractivity contribution is 5.85. The van der Waals surface area contributed by atoms with E-state index in [-0.39, 0.29) is 11.9 Å². The summed E-state index contributed by atoms with van der Waals surface area (Å²) >= 11 is 0. The Kier molecular flexibility index (Phi) is 4.42. The summed E-state index contributed by atoms with van der Waals surface area (Å²) in [7, 11) is 3.68. The summed E-state index contributed by atoms with van der Waals surface area (Å²) in [6, 6.07) is 1.58. The lowest BCUT2D eigenvalue weighted by Gasteiger charge is -2.35. The van der Waals surface area contributed by atoms with Gasteiger partial charge in [-0.1, -0.05) is 0 Å². The zero-order valence-corrected chi connectivity index (χ0v) is 13.2. The van der Waals surface area contributed by atoms with Crippen LogP contribution in [0.15, 0.2) is 12.3 Å². The van der Waals surface area contributed by atoms with Crippen LogP contribution in [0.25, 0.3) is 0 Å². The molecule has 0 aromatic carbocycles. The molecule has 0 saturated carbocycles. The van der Waals surface area contributed by atoms with E-state index in [1.807, 2.05) is 9.80 Å². The van der Waals surface area contributed by atoms with Crippen LogP contribution in [0.4, 0.5) is 5.95 Å². The maximum absolute atomic E-state index is 12.8. The average molecular weight is 305 g/mol. The highest BCUT2D eigenvalue weighted by Gasteiger charge is 2.36. The summed E-state index contributed by atoms with van der Waals surface area (Å²) in [5.41, 5.74) is 0. The Bertz CT molecular complexity index is 530. The summed E-state index contributed by atoms with van der Waals surface area (Å²) in [6.07, 6.45) is 3.54. The van der Waals surface area contributed by atoms with Crippen LogP contribution in [0.2, 0.25) is 0 Å². The lowest BCUT2D eigenvalue weighted by atomic mass is 10.1. The van der Waals surface area contributed by atoms with Crippen LogP contribution in [0.5, 0.6) is 5.88 Å². The normalized spacial score (nSPS) is 22.9. The number of likely N-dealkylation sites (N-methyl/N-ethyl adjacent to an activating group) is 1. The molecule has 0 bridgehead atoms. The van der Waals surface area contributed by atoms with Gasteiger partial charge in [0.2, 0.25) is 17.7 Å². The van der Waals surface area contributed by atoms with Crippen LogP contribution in [-0.4, -0.2) is 78.6 Å². The molecule has 0 aliphatic carbocycles. The Morgan fingerprint density at radius 3 is 2.77 bits per heavy atom. The molecule has 2 fully saturated rings. The summed E-state index contributed by atoms with van der Waals surface area (Å²) in [5.74, 6) is 1.32. The zero-order chi connectivity index (χ0) is 15.5. The van der Waals surface area contributed by atoms with Crippen molar-refractivity contribution in [3.63, 3.8) is 0 Å². The van der Waals surface area contributed by atoms with Crippen LogP contribution in [-0.2, 0) is 4.79 Å². The predicted molar refractivity (Wildman–Crippen MR) is 83.0 cm³/mol. The predicted octanol–water partition coefficient (Wildman–Crippen LogP) is 0.228. The van der Waals surface area contributed by atoms with Gasteiger partial charge in [-0.05, 0) is 19.9 Å². The first-order valence-electron chi connectivity index (χ1n) is 7.80. The lowest BCUT2D eigenvalue weighted by molar-refractivity contribution is -0.134. The quantitative estimate of drug-likeness (QED) is 0.796. The number of carbonyl (C=O) groups is 1. The number of rotatable bonds is 3. The summed E-state index contributed by atoms with van der Waals surface area (Å²) < 4.78 is 5.16. The molecule has 1 aromatic rings. The molecular formula is C15H23N5O2. The van der Waals surface area contributed by atoms with E-state index in [0.717, 1.165) is 45.6 Å². The Hall–Kier alpha value is -1.89. The largest absolute Gasteiger partial charge is 0.481 e. The first-order chi connectivity index (χ1) is 10.7. The van der Waals surface area contributed by atoms with Gasteiger partial charge in [0.15, 0.2) is 0 Å². The van der Waals surface area contributed by atoms with Crippen LogP contribution in [0.3, 0.4) is 0 Å². The number of nitrogens with zero attached hydrogens (tertiary/aromatic N) is 5. The minimum absolute atomic E-state index is 0.143. The first-order valence-corrected chi connectivity index (χ1v) is 7.80. The van der Waals surface area contributed by atoms with E-state index < -0.39 is 0 Å². The van der Waals surface area contributed by atoms with Gasteiger partial charge in [0, 0.05) is 45.0 Å². The number of amides is 1. The van der Waals surface area contributed by atoms with Gasteiger partial charge in [0.1, 0.15) is 6.04 Å². The zero-order valence-electron chi connectivity index (χ0n) is 13.2. The fourth-order valence-electron chi connectivity index (χ4n) is 3.08. The van der Waals surface area contributed by atoms with Crippen molar-refractivity contribution in [2.24, 2.45) is 0 Å². The van der Waals surface area contributed by atoms with Crippen molar-refractivity contribution >= 4 is 11.9 Å². The first kappa shape index (κ1) is 15.0. The topological polar surface area (TPSA) is 61.8 Å². The molecule has 1 amide bonds. The number of carbonyl (C=O) groups excluding carboxylic acids is 1. The molecule has 22 heavy (non-hydrogen) atoms. The third-order valence-electron chi connectivity index (χ3n) is 4.44. The van der Waals surface area contributed by atoms with E-state index in [1.165, 1.54) is 0 Å². The molecule has 0 N–H and O–H groups in total. The maximum atomic E-state index is 12.8. The number of anilines is 1. The number of methoxy groups -OCH3 is 1. The summed E-state index contributed by atoms with van der Waals surface area (Å²) in [5, 5.41) is 0. The Morgan fingerprint density at radius 1 is 1.27 bits per heavy atom. The molecule has 0 spiro atoms.